The maximum absolute atomic E-state index is 13.7. The molecule has 1 heterocycles. The summed E-state index contributed by atoms with van der Waals surface area (Å²) in [7, 11) is 0. The number of nitrogens with zero attached hydrogens (tertiary/aromatic N) is 1. The lowest BCUT2D eigenvalue weighted by Crippen LogP contribution is -2.38. The van der Waals surface area contributed by atoms with E-state index in [1.165, 1.54) is 18.2 Å². The molecule has 0 saturated heterocycles. The Labute approximate surface area is 103 Å². The average Bonchev–Trinajstić information content (AvgIpc) is 2.22. The van der Waals surface area contributed by atoms with Crippen molar-refractivity contribution in [3.05, 3.63) is 44.9 Å². The molecule has 0 spiro atoms. The number of fused-ring (bicyclic) bond motifs is 1. The summed E-state index contributed by atoms with van der Waals surface area (Å²) < 4.78 is 14.7. The number of halogens is 1. The summed E-state index contributed by atoms with van der Waals surface area (Å²) in [6.45, 7) is 5.96. The van der Waals surface area contributed by atoms with Crippen molar-refractivity contribution in [1.29, 1.82) is 0 Å². The lowest BCUT2D eigenvalue weighted by atomic mass is 9.97. The first-order valence-electron chi connectivity index (χ1n) is 5.71. The second-order valence-corrected chi connectivity index (χ2v) is 5.54. The summed E-state index contributed by atoms with van der Waals surface area (Å²) in [6.07, 6.45) is 0. The average molecular weight is 250 g/mol. The Morgan fingerprint density at radius 3 is 2.56 bits per heavy atom. The summed E-state index contributed by atoms with van der Waals surface area (Å²) in [6, 6.07) is 4.19. The molecule has 0 aliphatic heterocycles. The minimum Gasteiger partial charge on any atom is -0.307 e. The monoisotopic (exact) mass is 250 g/mol. The first kappa shape index (κ1) is 12.5. The van der Waals surface area contributed by atoms with Gasteiger partial charge in [0.1, 0.15) is 5.82 Å². The molecule has 1 aromatic heterocycles. The highest BCUT2D eigenvalue weighted by Gasteiger charge is 2.17. The normalized spacial score (nSPS) is 12.0. The van der Waals surface area contributed by atoms with E-state index >= 15 is 0 Å². The van der Waals surface area contributed by atoms with E-state index in [0.717, 1.165) is 4.57 Å². The molecule has 2 rings (SSSR count). The van der Waals surface area contributed by atoms with E-state index in [-0.39, 0.29) is 22.9 Å². The SMILES string of the molecule is CC(C)(C)Cn1c(=O)[nH]c2cccc(F)c2c1=O. The van der Waals surface area contributed by atoms with Crippen molar-refractivity contribution in [2.45, 2.75) is 27.3 Å². The highest BCUT2D eigenvalue weighted by Crippen LogP contribution is 2.15. The first-order valence-corrected chi connectivity index (χ1v) is 5.71. The van der Waals surface area contributed by atoms with Gasteiger partial charge in [0.2, 0.25) is 0 Å². The fraction of sp³-hybridized carbons (Fsp3) is 0.385. The van der Waals surface area contributed by atoms with Gasteiger partial charge >= 0.3 is 5.69 Å². The second kappa shape index (κ2) is 4.08. The molecule has 0 aliphatic rings. The van der Waals surface area contributed by atoms with Crippen LogP contribution < -0.4 is 11.2 Å². The third-order valence-electron chi connectivity index (χ3n) is 2.59. The van der Waals surface area contributed by atoms with Gasteiger partial charge in [-0.25, -0.2) is 9.18 Å². The van der Waals surface area contributed by atoms with Gasteiger partial charge in [0, 0.05) is 6.54 Å². The molecule has 0 atom stereocenters. The third-order valence-corrected chi connectivity index (χ3v) is 2.59. The Morgan fingerprint density at radius 1 is 1.28 bits per heavy atom. The summed E-state index contributed by atoms with van der Waals surface area (Å²) in [5.41, 5.74) is -1.10. The second-order valence-electron chi connectivity index (χ2n) is 5.54. The van der Waals surface area contributed by atoms with Crippen molar-refractivity contribution < 1.29 is 4.39 Å². The number of rotatable bonds is 1. The smallest absolute Gasteiger partial charge is 0.307 e. The van der Waals surface area contributed by atoms with Crippen LogP contribution in [0.2, 0.25) is 0 Å². The summed E-state index contributed by atoms with van der Waals surface area (Å²) in [4.78, 5) is 26.5. The van der Waals surface area contributed by atoms with Gasteiger partial charge in [0.15, 0.2) is 0 Å². The number of benzene rings is 1. The largest absolute Gasteiger partial charge is 0.328 e. The highest BCUT2D eigenvalue weighted by molar-refractivity contribution is 5.77. The minimum atomic E-state index is -0.614. The van der Waals surface area contributed by atoms with E-state index in [9.17, 15) is 14.0 Å². The topological polar surface area (TPSA) is 54.9 Å². The van der Waals surface area contributed by atoms with Crippen LogP contribution in [0.3, 0.4) is 0 Å². The Bertz CT molecular complexity index is 707. The Balaban J connectivity index is 2.81. The quantitative estimate of drug-likeness (QED) is 0.840. The zero-order valence-electron chi connectivity index (χ0n) is 10.6. The van der Waals surface area contributed by atoms with Crippen molar-refractivity contribution in [1.82, 2.24) is 9.55 Å². The van der Waals surface area contributed by atoms with E-state index in [1.54, 1.807) is 0 Å². The molecule has 1 N–H and O–H groups in total. The van der Waals surface area contributed by atoms with Crippen molar-refractivity contribution >= 4 is 10.9 Å². The van der Waals surface area contributed by atoms with Crippen LogP contribution in [0.4, 0.5) is 4.39 Å². The van der Waals surface area contributed by atoms with Crippen LogP contribution in [0.5, 0.6) is 0 Å². The summed E-state index contributed by atoms with van der Waals surface area (Å²) in [5, 5.41) is -0.0682. The van der Waals surface area contributed by atoms with E-state index in [2.05, 4.69) is 4.98 Å². The molecule has 18 heavy (non-hydrogen) atoms. The Hall–Kier alpha value is -1.91. The van der Waals surface area contributed by atoms with Crippen molar-refractivity contribution in [2.24, 2.45) is 5.41 Å². The molecule has 0 saturated carbocycles. The minimum absolute atomic E-state index is 0.0682. The molecule has 96 valence electrons. The Morgan fingerprint density at radius 2 is 1.94 bits per heavy atom. The van der Waals surface area contributed by atoms with Gasteiger partial charge in [-0.05, 0) is 17.5 Å². The molecule has 0 bridgehead atoms. The van der Waals surface area contributed by atoms with Crippen LogP contribution >= 0.6 is 0 Å². The maximum atomic E-state index is 13.7. The number of hydrogen-bond donors (Lipinski definition) is 1. The van der Waals surface area contributed by atoms with Gasteiger partial charge in [-0.1, -0.05) is 26.8 Å². The number of hydrogen-bond acceptors (Lipinski definition) is 2. The predicted octanol–water partition coefficient (Wildman–Crippen LogP) is 1.87. The molecule has 4 nitrogen and oxygen atoms in total. The molecule has 0 radical (unpaired) electrons. The van der Waals surface area contributed by atoms with E-state index < -0.39 is 17.1 Å². The molecule has 2 aromatic rings. The van der Waals surface area contributed by atoms with Crippen LogP contribution in [-0.4, -0.2) is 9.55 Å². The van der Waals surface area contributed by atoms with Crippen LogP contribution in [0.15, 0.2) is 27.8 Å². The van der Waals surface area contributed by atoms with Crippen molar-refractivity contribution in [2.75, 3.05) is 0 Å². The molecular formula is C13H15FN2O2. The molecule has 1 aromatic carbocycles. The van der Waals surface area contributed by atoms with Crippen LogP contribution in [0.25, 0.3) is 10.9 Å². The van der Waals surface area contributed by atoms with Crippen LogP contribution in [-0.2, 0) is 6.54 Å². The molecule has 0 unspecified atom stereocenters. The number of aromatic amines is 1. The zero-order valence-corrected chi connectivity index (χ0v) is 10.6. The standard InChI is InChI=1S/C13H15FN2O2/c1-13(2,3)7-16-11(17)10-8(14)5-4-6-9(10)15-12(16)18/h4-6H,7H2,1-3H3,(H,15,18). The lowest BCUT2D eigenvalue weighted by molar-refractivity contribution is 0.331. The predicted molar refractivity (Wildman–Crippen MR) is 68.2 cm³/mol. The van der Waals surface area contributed by atoms with Crippen molar-refractivity contribution in [3.8, 4) is 0 Å². The van der Waals surface area contributed by atoms with Gasteiger partial charge in [0.25, 0.3) is 5.56 Å². The van der Waals surface area contributed by atoms with Crippen LogP contribution in [0, 0.1) is 11.2 Å². The summed E-state index contributed by atoms with van der Waals surface area (Å²) in [5.74, 6) is -0.614. The molecule has 0 fully saturated rings. The number of nitrogens with one attached hydrogen (secondary N) is 1. The molecule has 0 aliphatic carbocycles. The van der Waals surface area contributed by atoms with E-state index in [0.29, 0.717) is 0 Å². The fourth-order valence-corrected chi connectivity index (χ4v) is 1.87. The molecule has 0 amide bonds. The van der Waals surface area contributed by atoms with Gasteiger partial charge < -0.3 is 4.98 Å². The zero-order chi connectivity index (χ0) is 13.5. The van der Waals surface area contributed by atoms with Gasteiger partial charge in [0.05, 0.1) is 10.9 Å². The first-order chi connectivity index (χ1) is 8.29. The van der Waals surface area contributed by atoms with E-state index in [1.807, 2.05) is 20.8 Å². The summed E-state index contributed by atoms with van der Waals surface area (Å²) >= 11 is 0. The van der Waals surface area contributed by atoms with Gasteiger partial charge in [-0.3, -0.25) is 9.36 Å². The molecule has 5 heteroatoms. The van der Waals surface area contributed by atoms with E-state index in [4.69, 9.17) is 0 Å². The van der Waals surface area contributed by atoms with Crippen molar-refractivity contribution in [3.63, 3.8) is 0 Å². The maximum Gasteiger partial charge on any atom is 0.328 e. The number of aromatic nitrogens is 2. The third kappa shape index (κ3) is 2.20. The lowest BCUT2D eigenvalue weighted by Gasteiger charge is -2.19. The van der Waals surface area contributed by atoms with Gasteiger partial charge in [-0.2, -0.15) is 0 Å². The molecular weight excluding hydrogens is 235 g/mol. The highest BCUT2D eigenvalue weighted by atomic mass is 19.1. The van der Waals surface area contributed by atoms with Gasteiger partial charge in [-0.15, -0.1) is 0 Å². The van der Waals surface area contributed by atoms with Crippen LogP contribution in [0.1, 0.15) is 20.8 Å². The fourth-order valence-electron chi connectivity index (χ4n) is 1.87. The Kier molecular flexibility index (Phi) is 2.84. The number of H-pyrrole nitrogens is 1.